The zero-order valence-corrected chi connectivity index (χ0v) is 13.1. The number of alkyl halides is 3. The van der Waals surface area contributed by atoms with Crippen molar-refractivity contribution in [2.24, 2.45) is 11.7 Å². The van der Waals surface area contributed by atoms with Gasteiger partial charge in [0.25, 0.3) is 0 Å². The molecule has 0 aliphatic heterocycles. The predicted molar refractivity (Wildman–Crippen MR) is 80.8 cm³/mol. The Labute approximate surface area is 134 Å². The highest BCUT2D eigenvalue weighted by Crippen LogP contribution is 2.38. The third-order valence-electron chi connectivity index (χ3n) is 4.44. The van der Waals surface area contributed by atoms with Crippen LogP contribution in [0.5, 0.6) is 0 Å². The van der Waals surface area contributed by atoms with Gasteiger partial charge in [0, 0.05) is 12.5 Å². The first-order valence-electron chi connectivity index (χ1n) is 7.89. The van der Waals surface area contributed by atoms with E-state index < -0.39 is 11.7 Å². The maximum atomic E-state index is 12.6. The molecule has 0 radical (unpaired) electrons. The number of carbonyl (C=O) groups is 1. The predicted octanol–water partition coefficient (Wildman–Crippen LogP) is 3.87. The summed E-state index contributed by atoms with van der Waals surface area (Å²) in [5, 5.41) is 0. The fourth-order valence-electron chi connectivity index (χ4n) is 3.22. The Morgan fingerprint density at radius 1 is 1.26 bits per heavy atom. The molecule has 3 nitrogen and oxygen atoms in total. The molecule has 128 valence electrons. The smallest absolute Gasteiger partial charge is 0.416 e. The highest BCUT2D eigenvalue weighted by molar-refractivity contribution is 5.69. The average Bonchev–Trinajstić information content (AvgIpc) is 2.49. The van der Waals surface area contributed by atoms with Gasteiger partial charge in [0.2, 0.25) is 0 Å². The van der Waals surface area contributed by atoms with E-state index in [4.69, 9.17) is 10.5 Å². The summed E-state index contributed by atoms with van der Waals surface area (Å²) in [6.07, 6.45) is -1.68. The van der Waals surface area contributed by atoms with E-state index in [1.54, 1.807) is 6.92 Å². The van der Waals surface area contributed by atoms with Crippen LogP contribution in [0.4, 0.5) is 13.2 Å². The molecule has 3 atom stereocenters. The second-order valence-corrected chi connectivity index (χ2v) is 6.08. The molecular weight excluding hydrogens is 307 g/mol. The van der Waals surface area contributed by atoms with E-state index in [2.05, 4.69) is 0 Å². The van der Waals surface area contributed by atoms with Gasteiger partial charge < -0.3 is 10.5 Å². The van der Waals surface area contributed by atoms with E-state index in [0.29, 0.717) is 19.4 Å². The molecule has 0 unspecified atom stereocenters. The second kappa shape index (κ2) is 7.34. The van der Waals surface area contributed by atoms with E-state index in [9.17, 15) is 18.0 Å². The molecule has 0 amide bonds. The van der Waals surface area contributed by atoms with Crippen LogP contribution in [0.25, 0.3) is 0 Å². The van der Waals surface area contributed by atoms with E-state index in [-0.39, 0.29) is 23.8 Å². The summed E-state index contributed by atoms with van der Waals surface area (Å²) in [5.74, 6) is -0.0780. The van der Waals surface area contributed by atoms with Crippen LogP contribution in [0.2, 0.25) is 0 Å². The molecule has 0 bridgehead atoms. The zero-order valence-electron chi connectivity index (χ0n) is 13.1. The first-order valence-corrected chi connectivity index (χ1v) is 7.89. The maximum absolute atomic E-state index is 12.6. The van der Waals surface area contributed by atoms with Crippen LogP contribution in [0.3, 0.4) is 0 Å². The summed E-state index contributed by atoms with van der Waals surface area (Å²) in [6.45, 7) is 2.12. The standard InChI is InChI=1S/C17H22F3NO2/c1-2-23-16(22)10-11-3-8-15(21)14(9-11)12-4-6-13(7-5-12)17(18,19)20/h4-7,11,14-15H,2-3,8-10,21H2,1H3/t11-,14-,15+/m1/s1. The van der Waals surface area contributed by atoms with Crippen LogP contribution >= 0.6 is 0 Å². The van der Waals surface area contributed by atoms with Crippen LogP contribution in [0.15, 0.2) is 24.3 Å². The fraction of sp³-hybridized carbons (Fsp3) is 0.588. The van der Waals surface area contributed by atoms with Gasteiger partial charge in [0.1, 0.15) is 0 Å². The third-order valence-corrected chi connectivity index (χ3v) is 4.44. The first kappa shape index (κ1) is 17.8. The Bertz CT molecular complexity index is 528. The van der Waals surface area contributed by atoms with Crippen molar-refractivity contribution in [3.05, 3.63) is 35.4 Å². The molecular formula is C17H22F3NO2. The van der Waals surface area contributed by atoms with Gasteiger partial charge in [-0.05, 0) is 55.7 Å². The Kier molecular flexibility index (Phi) is 5.68. The molecule has 2 rings (SSSR count). The minimum atomic E-state index is -4.33. The Morgan fingerprint density at radius 2 is 1.91 bits per heavy atom. The number of esters is 1. The molecule has 2 N–H and O–H groups in total. The minimum absolute atomic E-state index is 0.0227. The zero-order chi connectivity index (χ0) is 17.0. The summed E-state index contributed by atoms with van der Waals surface area (Å²) >= 11 is 0. The van der Waals surface area contributed by atoms with Gasteiger partial charge in [-0.25, -0.2) is 0 Å². The van der Waals surface area contributed by atoms with Crippen molar-refractivity contribution in [3.8, 4) is 0 Å². The maximum Gasteiger partial charge on any atom is 0.416 e. The molecule has 1 saturated carbocycles. The third kappa shape index (κ3) is 4.70. The van der Waals surface area contributed by atoms with Crippen LogP contribution in [0.1, 0.15) is 49.7 Å². The van der Waals surface area contributed by atoms with Crippen molar-refractivity contribution in [2.45, 2.75) is 50.7 Å². The highest BCUT2D eigenvalue weighted by Gasteiger charge is 2.33. The number of ether oxygens (including phenoxy) is 1. The molecule has 0 spiro atoms. The van der Waals surface area contributed by atoms with Crippen molar-refractivity contribution < 1.29 is 22.7 Å². The normalized spacial score (nSPS) is 25.2. The topological polar surface area (TPSA) is 52.3 Å². The van der Waals surface area contributed by atoms with Crippen molar-refractivity contribution >= 4 is 5.97 Å². The molecule has 1 aromatic rings. The number of carbonyl (C=O) groups excluding carboxylic acids is 1. The SMILES string of the molecule is CCOC(=O)C[C@@H]1CC[C@H](N)[C@@H](c2ccc(C(F)(F)F)cc2)C1. The van der Waals surface area contributed by atoms with E-state index in [1.165, 1.54) is 12.1 Å². The van der Waals surface area contributed by atoms with Crippen LogP contribution < -0.4 is 5.73 Å². The van der Waals surface area contributed by atoms with Gasteiger partial charge in [-0.15, -0.1) is 0 Å². The lowest BCUT2D eigenvalue weighted by Gasteiger charge is -2.34. The van der Waals surface area contributed by atoms with Crippen molar-refractivity contribution in [2.75, 3.05) is 6.61 Å². The van der Waals surface area contributed by atoms with Crippen molar-refractivity contribution in [1.29, 1.82) is 0 Å². The van der Waals surface area contributed by atoms with Crippen molar-refractivity contribution in [1.82, 2.24) is 0 Å². The second-order valence-electron chi connectivity index (χ2n) is 6.08. The minimum Gasteiger partial charge on any atom is -0.466 e. The molecule has 1 fully saturated rings. The molecule has 6 heteroatoms. The van der Waals surface area contributed by atoms with Gasteiger partial charge >= 0.3 is 12.1 Å². The summed E-state index contributed by atoms with van der Waals surface area (Å²) in [5.41, 5.74) is 6.29. The molecule has 23 heavy (non-hydrogen) atoms. The Balaban J connectivity index is 2.06. The number of hydrogen-bond acceptors (Lipinski definition) is 3. The summed E-state index contributed by atoms with van der Waals surface area (Å²) in [6, 6.07) is 5.10. The van der Waals surface area contributed by atoms with Gasteiger partial charge in [0.15, 0.2) is 0 Å². The van der Waals surface area contributed by atoms with Gasteiger partial charge in [-0.1, -0.05) is 12.1 Å². The van der Waals surface area contributed by atoms with E-state index in [0.717, 1.165) is 30.5 Å². The molecule has 1 aliphatic rings. The van der Waals surface area contributed by atoms with Gasteiger partial charge in [0.05, 0.1) is 12.2 Å². The van der Waals surface area contributed by atoms with Crippen LogP contribution in [-0.4, -0.2) is 18.6 Å². The molecule has 0 heterocycles. The summed E-state index contributed by atoms with van der Waals surface area (Å²) in [7, 11) is 0. The lowest BCUT2D eigenvalue weighted by atomic mass is 9.74. The van der Waals surface area contributed by atoms with Crippen LogP contribution in [-0.2, 0) is 15.7 Å². The fourth-order valence-corrected chi connectivity index (χ4v) is 3.22. The molecule has 1 aliphatic carbocycles. The summed E-state index contributed by atoms with van der Waals surface area (Å²) in [4.78, 5) is 11.6. The largest absolute Gasteiger partial charge is 0.466 e. The molecule has 0 saturated heterocycles. The number of rotatable bonds is 4. The molecule has 1 aromatic carbocycles. The van der Waals surface area contributed by atoms with Gasteiger partial charge in [-0.3, -0.25) is 4.79 Å². The number of benzene rings is 1. The highest BCUT2D eigenvalue weighted by atomic mass is 19.4. The lowest BCUT2D eigenvalue weighted by Crippen LogP contribution is -2.35. The quantitative estimate of drug-likeness (QED) is 0.853. The number of halogens is 3. The Morgan fingerprint density at radius 3 is 2.48 bits per heavy atom. The Hall–Kier alpha value is -1.56. The van der Waals surface area contributed by atoms with Crippen LogP contribution in [0, 0.1) is 5.92 Å². The summed E-state index contributed by atoms with van der Waals surface area (Å²) < 4.78 is 42.9. The lowest BCUT2D eigenvalue weighted by molar-refractivity contribution is -0.144. The number of nitrogens with two attached hydrogens (primary N) is 1. The molecule has 0 aromatic heterocycles. The van der Waals surface area contributed by atoms with Crippen molar-refractivity contribution in [3.63, 3.8) is 0 Å². The number of hydrogen-bond donors (Lipinski definition) is 1. The van der Waals surface area contributed by atoms with E-state index >= 15 is 0 Å². The van der Waals surface area contributed by atoms with E-state index in [1.807, 2.05) is 0 Å². The average molecular weight is 329 g/mol. The van der Waals surface area contributed by atoms with Gasteiger partial charge in [-0.2, -0.15) is 13.2 Å². The monoisotopic (exact) mass is 329 g/mol. The first-order chi connectivity index (χ1) is 10.8.